The van der Waals surface area contributed by atoms with Crippen LogP contribution < -0.4 is 0 Å². The van der Waals surface area contributed by atoms with Gasteiger partial charge >= 0.3 is 0 Å². The Kier molecular flexibility index (Phi) is 5.76. The van der Waals surface area contributed by atoms with Crippen molar-refractivity contribution in [1.82, 2.24) is 4.90 Å². The Morgan fingerprint density at radius 3 is 2.65 bits per heavy atom. The smallest absolute Gasteiger partial charge is 0.254 e. The van der Waals surface area contributed by atoms with E-state index in [0.717, 1.165) is 17.9 Å². The van der Waals surface area contributed by atoms with Gasteiger partial charge in [0.15, 0.2) is 0 Å². The molecule has 0 saturated carbocycles. The first kappa shape index (κ1) is 14.8. The van der Waals surface area contributed by atoms with Crippen molar-refractivity contribution in [2.45, 2.75) is 31.9 Å². The molecule has 1 heterocycles. The molecule has 100 valence electrons. The molecule has 0 aromatic carbocycles. The van der Waals surface area contributed by atoms with Crippen molar-refractivity contribution in [3.63, 3.8) is 0 Å². The lowest BCUT2D eigenvalue weighted by atomic mass is 10.1. The molecule has 1 amide bonds. The van der Waals surface area contributed by atoms with Gasteiger partial charge in [0, 0.05) is 32.6 Å². The number of ether oxygens (including phenoxy) is 2. The van der Waals surface area contributed by atoms with Gasteiger partial charge in [0.25, 0.3) is 5.91 Å². The van der Waals surface area contributed by atoms with E-state index in [4.69, 9.17) is 9.47 Å². The monoisotopic (exact) mass is 261 g/mol. The molecule has 1 saturated heterocycles. The molecule has 1 aliphatic heterocycles. The standard InChI is InChI=1S/C12H23NO3S/c1-12(2,16-4)11(14)13(6-7-15-3)10-5-8-17-9-10/h10H,5-9H2,1-4H3. The van der Waals surface area contributed by atoms with Crippen molar-refractivity contribution >= 4 is 17.7 Å². The van der Waals surface area contributed by atoms with E-state index < -0.39 is 5.60 Å². The maximum absolute atomic E-state index is 12.4. The summed E-state index contributed by atoms with van der Waals surface area (Å²) in [6, 6.07) is 0.331. The predicted molar refractivity (Wildman–Crippen MR) is 70.4 cm³/mol. The van der Waals surface area contributed by atoms with Crippen molar-refractivity contribution in [2.24, 2.45) is 0 Å². The predicted octanol–water partition coefficient (Wildman–Crippen LogP) is 1.39. The lowest BCUT2D eigenvalue weighted by Gasteiger charge is -2.34. The van der Waals surface area contributed by atoms with Gasteiger partial charge in [0.1, 0.15) is 5.60 Å². The Morgan fingerprint density at radius 1 is 1.47 bits per heavy atom. The van der Waals surface area contributed by atoms with E-state index in [1.807, 2.05) is 30.5 Å². The molecule has 0 radical (unpaired) electrons. The number of thioether (sulfide) groups is 1. The molecule has 1 fully saturated rings. The van der Waals surface area contributed by atoms with Crippen LogP contribution in [0.4, 0.5) is 0 Å². The van der Waals surface area contributed by atoms with Crippen LogP contribution in [0.1, 0.15) is 20.3 Å². The largest absolute Gasteiger partial charge is 0.383 e. The molecule has 1 aliphatic rings. The van der Waals surface area contributed by atoms with Gasteiger partial charge in [-0.05, 0) is 26.0 Å². The minimum atomic E-state index is -0.749. The summed E-state index contributed by atoms with van der Waals surface area (Å²) in [5.41, 5.74) is -0.749. The summed E-state index contributed by atoms with van der Waals surface area (Å²) in [7, 11) is 3.24. The fourth-order valence-electron chi connectivity index (χ4n) is 1.84. The number of methoxy groups -OCH3 is 2. The fraction of sp³-hybridized carbons (Fsp3) is 0.917. The number of nitrogens with zero attached hydrogens (tertiary/aromatic N) is 1. The molecule has 0 spiro atoms. The molecule has 4 nitrogen and oxygen atoms in total. The minimum absolute atomic E-state index is 0.0598. The maximum Gasteiger partial charge on any atom is 0.254 e. The van der Waals surface area contributed by atoms with E-state index in [0.29, 0.717) is 19.2 Å². The van der Waals surface area contributed by atoms with Crippen LogP contribution >= 0.6 is 11.8 Å². The highest BCUT2D eigenvalue weighted by molar-refractivity contribution is 7.99. The van der Waals surface area contributed by atoms with Crippen LogP contribution in [0.5, 0.6) is 0 Å². The van der Waals surface area contributed by atoms with Crippen LogP contribution in [0, 0.1) is 0 Å². The second-order valence-corrected chi connectivity index (χ2v) is 5.87. The number of amides is 1. The Balaban J connectivity index is 2.70. The van der Waals surface area contributed by atoms with Crippen LogP contribution in [0.2, 0.25) is 0 Å². The van der Waals surface area contributed by atoms with Gasteiger partial charge in [-0.15, -0.1) is 0 Å². The third kappa shape index (κ3) is 3.86. The third-order valence-electron chi connectivity index (χ3n) is 3.17. The zero-order valence-electron chi connectivity index (χ0n) is 11.2. The SMILES string of the molecule is COCCN(C(=O)C(C)(C)OC)C1CCSC1. The van der Waals surface area contributed by atoms with Gasteiger partial charge in [0.2, 0.25) is 0 Å². The van der Waals surface area contributed by atoms with Gasteiger partial charge in [0.05, 0.1) is 6.61 Å². The molecule has 0 bridgehead atoms. The first-order chi connectivity index (χ1) is 8.03. The second-order valence-electron chi connectivity index (χ2n) is 4.72. The van der Waals surface area contributed by atoms with Crippen molar-refractivity contribution in [2.75, 3.05) is 38.9 Å². The Labute approximate surface area is 108 Å². The summed E-state index contributed by atoms with van der Waals surface area (Å²) in [5.74, 6) is 2.22. The summed E-state index contributed by atoms with van der Waals surface area (Å²) in [6.45, 7) is 4.86. The number of hydrogen-bond acceptors (Lipinski definition) is 4. The highest BCUT2D eigenvalue weighted by Crippen LogP contribution is 2.25. The summed E-state index contributed by atoms with van der Waals surface area (Å²) in [4.78, 5) is 14.3. The van der Waals surface area contributed by atoms with E-state index in [1.165, 1.54) is 0 Å². The minimum Gasteiger partial charge on any atom is -0.383 e. The molecule has 1 unspecified atom stereocenters. The van der Waals surface area contributed by atoms with E-state index >= 15 is 0 Å². The summed E-state index contributed by atoms with van der Waals surface area (Å²) < 4.78 is 10.4. The average molecular weight is 261 g/mol. The fourth-order valence-corrected chi connectivity index (χ4v) is 3.06. The lowest BCUT2D eigenvalue weighted by Crippen LogP contribution is -2.52. The molecule has 1 rings (SSSR count). The normalized spacial score (nSPS) is 20.6. The molecular weight excluding hydrogens is 238 g/mol. The molecular formula is C12H23NO3S. The van der Waals surface area contributed by atoms with E-state index in [2.05, 4.69) is 0 Å². The zero-order valence-corrected chi connectivity index (χ0v) is 12.0. The average Bonchev–Trinajstić information content (AvgIpc) is 2.83. The van der Waals surface area contributed by atoms with Gasteiger partial charge in [-0.2, -0.15) is 11.8 Å². The molecule has 0 aliphatic carbocycles. The summed E-state index contributed by atoms with van der Waals surface area (Å²) >= 11 is 1.90. The van der Waals surface area contributed by atoms with Crippen LogP contribution in [0.3, 0.4) is 0 Å². The van der Waals surface area contributed by atoms with Gasteiger partial charge < -0.3 is 14.4 Å². The molecule has 0 N–H and O–H groups in total. The molecule has 0 aromatic rings. The Hall–Kier alpha value is -0.260. The number of hydrogen-bond donors (Lipinski definition) is 0. The lowest BCUT2D eigenvalue weighted by molar-refractivity contribution is -0.153. The van der Waals surface area contributed by atoms with Crippen molar-refractivity contribution in [1.29, 1.82) is 0 Å². The third-order valence-corrected chi connectivity index (χ3v) is 4.31. The number of rotatable bonds is 6. The highest BCUT2D eigenvalue weighted by Gasteiger charge is 2.36. The summed E-state index contributed by atoms with van der Waals surface area (Å²) in [5, 5.41) is 0. The molecule has 5 heteroatoms. The first-order valence-corrected chi connectivity index (χ1v) is 7.11. The van der Waals surface area contributed by atoms with Crippen LogP contribution in [0.15, 0.2) is 0 Å². The first-order valence-electron chi connectivity index (χ1n) is 5.96. The number of carbonyl (C=O) groups excluding carboxylic acids is 1. The highest BCUT2D eigenvalue weighted by atomic mass is 32.2. The van der Waals surface area contributed by atoms with Crippen LogP contribution in [-0.2, 0) is 14.3 Å². The molecule has 1 atom stereocenters. The zero-order chi connectivity index (χ0) is 12.9. The van der Waals surface area contributed by atoms with Crippen LogP contribution in [0.25, 0.3) is 0 Å². The Bertz CT molecular complexity index is 252. The van der Waals surface area contributed by atoms with Gasteiger partial charge in [-0.3, -0.25) is 4.79 Å². The van der Waals surface area contributed by atoms with Crippen molar-refractivity contribution in [3.8, 4) is 0 Å². The maximum atomic E-state index is 12.4. The quantitative estimate of drug-likeness (QED) is 0.724. The Morgan fingerprint density at radius 2 is 2.18 bits per heavy atom. The molecule has 0 aromatic heterocycles. The van der Waals surface area contributed by atoms with Crippen molar-refractivity contribution in [3.05, 3.63) is 0 Å². The topological polar surface area (TPSA) is 38.8 Å². The van der Waals surface area contributed by atoms with E-state index in [-0.39, 0.29) is 5.91 Å². The number of carbonyl (C=O) groups is 1. The van der Waals surface area contributed by atoms with Crippen molar-refractivity contribution < 1.29 is 14.3 Å². The van der Waals surface area contributed by atoms with Gasteiger partial charge in [-0.25, -0.2) is 0 Å². The van der Waals surface area contributed by atoms with E-state index in [9.17, 15) is 4.79 Å². The van der Waals surface area contributed by atoms with E-state index in [1.54, 1.807) is 14.2 Å². The van der Waals surface area contributed by atoms with Gasteiger partial charge in [-0.1, -0.05) is 0 Å². The second kappa shape index (κ2) is 6.61. The van der Waals surface area contributed by atoms with Crippen LogP contribution in [-0.4, -0.2) is 61.3 Å². The molecule has 17 heavy (non-hydrogen) atoms. The summed E-state index contributed by atoms with van der Waals surface area (Å²) in [6.07, 6.45) is 1.07.